The molecular weight excluding hydrogens is 416 g/mol. The van der Waals surface area contributed by atoms with Crippen LogP contribution in [0.5, 0.6) is 0 Å². The Balaban J connectivity index is 1.55. The standard InChI is InChI=1S/C22H20N4O4S/c23-21-24-12-15(31-21)11-16-18(20(28)29)26(19(16)27)22(30)25-17(13-7-3-1-4-8-13)14-9-5-2-6-10-14/h1-10,12,16-18H,11H2,(H2,23,24)(H,25,30)(H,28,29)/t16?,18-/m0/s1. The van der Waals surface area contributed by atoms with E-state index in [9.17, 15) is 19.5 Å². The monoisotopic (exact) mass is 436 g/mol. The summed E-state index contributed by atoms with van der Waals surface area (Å²) in [6.45, 7) is 0. The van der Waals surface area contributed by atoms with Crippen molar-refractivity contribution in [3.63, 3.8) is 0 Å². The lowest BCUT2D eigenvalue weighted by atomic mass is 9.84. The Morgan fingerprint density at radius 1 is 1.10 bits per heavy atom. The number of likely N-dealkylation sites (tertiary alicyclic amines) is 1. The number of anilines is 1. The lowest BCUT2D eigenvalue weighted by Gasteiger charge is -2.43. The maximum Gasteiger partial charge on any atom is 0.327 e. The van der Waals surface area contributed by atoms with Gasteiger partial charge in [0.2, 0.25) is 5.91 Å². The number of aliphatic carboxylic acids is 1. The highest BCUT2D eigenvalue weighted by molar-refractivity contribution is 7.15. The van der Waals surface area contributed by atoms with Crippen molar-refractivity contribution in [1.29, 1.82) is 0 Å². The van der Waals surface area contributed by atoms with Crippen molar-refractivity contribution in [3.05, 3.63) is 82.9 Å². The largest absolute Gasteiger partial charge is 0.480 e. The average molecular weight is 436 g/mol. The summed E-state index contributed by atoms with van der Waals surface area (Å²) < 4.78 is 0. The van der Waals surface area contributed by atoms with Gasteiger partial charge in [-0.05, 0) is 17.5 Å². The minimum atomic E-state index is -1.25. The van der Waals surface area contributed by atoms with Crippen LogP contribution < -0.4 is 11.1 Å². The van der Waals surface area contributed by atoms with E-state index in [1.165, 1.54) is 17.5 Å². The second kappa shape index (κ2) is 8.57. The molecule has 0 spiro atoms. The van der Waals surface area contributed by atoms with E-state index in [-0.39, 0.29) is 6.42 Å². The van der Waals surface area contributed by atoms with E-state index in [2.05, 4.69) is 10.3 Å². The number of rotatable bonds is 6. The molecule has 2 atom stereocenters. The van der Waals surface area contributed by atoms with Crippen LogP contribution in [0, 0.1) is 5.92 Å². The van der Waals surface area contributed by atoms with E-state index >= 15 is 0 Å². The molecule has 158 valence electrons. The van der Waals surface area contributed by atoms with Crippen LogP contribution in [0.2, 0.25) is 0 Å². The second-order valence-corrected chi connectivity index (χ2v) is 8.32. The fraction of sp³-hybridized carbons (Fsp3) is 0.182. The molecule has 4 N–H and O–H groups in total. The zero-order valence-corrected chi connectivity index (χ0v) is 17.2. The Morgan fingerprint density at radius 3 is 2.16 bits per heavy atom. The van der Waals surface area contributed by atoms with Crippen LogP contribution in [-0.4, -0.2) is 38.9 Å². The second-order valence-electron chi connectivity index (χ2n) is 7.17. The van der Waals surface area contributed by atoms with Gasteiger partial charge in [0.1, 0.15) is 0 Å². The number of nitrogen functional groups attached to an aromatic ring is 1. The number of hydrogen-bond donors (Lipinski definition) is 3. The van der Waals surface area contributed by atoms with Crippen molar-refractivity contribution >= 4 is 34.4 Å². The number of hydrogen-bond acceptors (Lipinski definition) is 6. The van der Waals surface area contributed by atoms with Crippen molar-refractivity contribution in [2.75, 3.05) is 5.73 Å². The van der Waals surface area contributed by atoms with Crippen LogP contribution in [-0.2, 0) is 16.0 Å². The number of carbonyl (C=O) groups is 3. The summed E-state index contributed by atoms with van der Waals surface area (Å²) in [7, 11) is 0. The molecule has 2 heterocycles. The zero-order valence-electron chi connectivity index (χ0n) is 16.3. The number of nitrogens with two attached hydrogens (primary N) is 1. The highest BCUT2D eigenvalue weighted by atomic mass is 32.1. The van der Waals surface area contributed by atoms with Gasteiger partial charge in [-0.25, -0.2) is 19.5 Å². The first kappa shape index (κ1) is 20.5. The quantitative estimate of drug-likeness (QED) is 0.510. The number of nitrogens with zero attached hydrogens (tertiary/aromatic N) is 2. The molecule has 3 amide bonds. The summed E-state index contributed by atoms with van der Waals surface area (Å²) in [5.41, 5.74) is 7.25. The Labute approximate surface area is 182 Å². The highest BCUT2D eigenvalue weighted by Crippen LogP contribution is 2.33. The number of carbonyl (C=O) groups excluding carboxylic acids is 2. The fourth-order valence-corrected chi connectivity index (χ4v) is 4.48. The number of thiazole rings is 1. The number of amides is 3. The van der Waals surface area contributed by atoms with Crippen molar-refractivity contribution in [2.24, 2.45) is 5.92 Å². The van der Waals surface area contributed by atoms with Crippen molar-refractivity contribution in [2.45, 2.75) is 18.5 Å². The third kappa shape index (κ3) is 4.13. The lowest BCUT2D eigenvalue weighted by molar-refractivity contribution is -0.165. The van der Waals surface area contributed by atoms with E-state index in [1.807, 2.05) is 60.7 Å². The van der Waals surface area contributed by atoms with Gasteiger partial charge in [0.05, 0.1) is 12.0 Å². The third-order valence-corrected chi connectivity index (χ3v) is 6.06. The van der Waals surface area contributed by atoms with Crippen molar-refractivity contribution in [1.82, 2.24) is 15.2 Å². The number of carboxylic acid groups (broad SMARTS) is 1. The predicted octanol–water partition coefficient (Wildman–Crippen LogP) is 2.68. The molecule has 1 aliphatic rings. The van der Waals surface area contributed by atoms with Gasteiger partial charge in [-0.3, -0.25) is 4.79 Å². The summed E-state index contributed by atoms with van der Waals surface area (Å²) in [5.74, 6) is -2.60. The van der Waals surface area contributed by atoms with Gasteiger partial charge < -0.3 is 16.2 Å². The smallest absolute Gasteiger partial charge is 0.327 e. The van der Waals surface area contributed by atoms with E-state index in [0.29, 0.717) is 10.0 Å². The predicted molar refractivity (Wildman–Crippen MR) is 115 cm³/mol. The molecule has 0 radical (unpaired) electrons. The van der Waals surface area contributed by atoms with Crippen LogP contribution in [0.15, 0.2) is 66.9 Å². The van der Waals surface area contributed by atoms with Gasteiger partial charge in [0, 0.05) is 11.1 Å². The van der Waals surface area contributed by atoms with Crippen LogP contribution in [0.25, 0.3) is 0 Å². The van der Waals surface area contributed by atoms with Crippen molar-refractivity contribution < 1.29 is 19.5 Å². The summed E-state index contributed by atoms with van der Waals surface area (Å²) in [4.78, 5) is 43.0. The third-order valence-electron chi connectivity index (χ3n) is 5.21. The maximum atomic E-state index is 13.0. The van der Waals surface area contributed by atoms with Crippen LogP contribution in [0.1, 0.15) is 22.0 Å². The number of β-lactam (4-membered cyclic amide) rings is 1. The van der Waals surface area contributed by atoms with Gasteiger partial charge in [0.25, 0.3) is 0 Å². The fourth-order valence-electron chi connectivity index (χ4n) is 3.73. The molecule has 1 unspecified atom stereocenters. The van der Waals surface area contributed by atoms with Crippen LogP contribution in [0.4, 0.5) is 9.93 Å². The number of urea groups is 1. The summed E-state index contributed by atoms with van der Waals surface area (Å²) in [6.07, 6.45) is 1.70. The zero-order chi connectivity index (χ0) is 22.0. The average Bonchev–Trinajstić information content (AvgIpc) is 3.19. The molecule has 1 aliphatic heterocycles. The minimum absolute atomic E-state index is 0.176. The van der Waals surface area contributed by atoms with Gasteiger partial charge in [0.15, 0.2) is 11.2 Å². The van der Waals surface area contributed by atoms with Gasteiger partial charge in [-0.1, -0.05) is 60.7 Å². The summed E-state index contributed by atoms with van der Waals surface area (Å²) in [6, 6.07) is 16.1. The lowest BCUT2D eigenvalue weighted by Crippen LogP contribution is -2.68. The molecule has 31 heavy (non-hydrogen) atoms. The molecule has 2 aromatic carbocycles. The molecule has 1 aromatic heterocycles. The van der Waals surface area contributed by atoms with Gasteiger partial charge in [-0.2, -0.15) is 0 Å². The number of nitrogens with one attached hydrogen (secondary N) is 1. The van der Waals surface area contributed by atoms with Gasteiger partial charge in [-0.15, -0.1) is 11.3 Å². The molecule has 0 saturated carbocycles. The SMILES string of the molecule is Nc1ncc(CC2C(=O)N(C(=O)NC(c3ccccc3)c3ccccc3)[C@@H]2C(=O)O)s1. The van der Waals surface area contributed by atoms with Crippen molar-refractivity contribution in [3.8, 4) is 0 Å². The van der Waals surface area contributed by atoms with Crippen LogP contribution in [0.3, 0.4) is 0 Å². The molecular formula is C22H20N4O4S. The number of carboxylic acids is 1. The topological polar surface area (TPSA) is 126 Å². The van der Waals surface area contributed by atoms with E-state index in [4.69, 9.17) is 5.73 Å². The first-order valence-electron chi connectivity index (χ1n) is 9.62. The summed E-state index contributed by atoms with van der Waals surface area (Å²) >= 11 is 1.20. The van der Waals surface area contributed by atoms with Crippen LogP contribution >= 0.6 is 11.3 Å². The van der Waals surface area contributed by atoms with E-state index in [0.717, 1.165) is 16.0 Å². The molecule has 8 nitrogen and oxygen atoms in total. The normalized spacial score (nSPS) is 18.0. The Kier molecular flexibility index (Phi) is 5.68. The first-order valence-corrected chi connectivity index (χ1v) is 10.4. The Hall–Kier alpha value is -3.72. The Bertz CT molecular complexity index is 1060. The maximum absolute atomic E-state index is 13.0. The molecule has 9 heteroatoms. The van der Waals surface area contributed by atoms with E-state index in [1.54, 1.807) is 0 Å². The number of imide groups is 1. The molecule has 0 aliphatic carbocycles. The number of aromatic nitrogens is 1. The highest BCUT2D eigenvalue weighted by Gasteiger charge is 2.55. The molecule has 1 fully saturated rings. The summed E-state index contributed by atoms with van der Waals surface area (Å²) in [5, 5.41) is 12.9. The molecule has 4 rings (SSSR count). The van der Waals surface area contributed by atoms with Gasteiger partial charge >= 0.3 is 12.0 Å². The van der Waals surface area contributed by atoms with E-state index < -0.39 is 35.9 Å². The minimum Gasteiger partial charge on any atom is -0.480 e. The Morgan fingerprint density at radius 2 is 1.68 bits per heavy atom. The number of benzene rings is 2. The molecule has 3 aromatic rings. The molecule has 0 bridgehead atoms. The first-order chi connectivity index (χ1) is 15.0. The molecule has 1 saturated heterocycles.